The quantitative estimate of drug-likeness (QED) is 0.591. The number of halogens is 1. The number of benzene rings is 1. The Balaban J connectivity index is 2.19. The number of rotatable bonds is 6. The van der Waals surface area contributed by atoms with Gasteiger partial charge in [0, 0.05) is 10.4 Å². The smallest absolute Gasteiger partial charge is 0.271 e. The molecule has 2 rings (SSSR count). The van der Waals surface area contributed by atoms with Crippen molar-refractivity contribution in [2.45, 2.75) is 13.8 Å². The van der Waals surface area contributed by atoms with Crippen LogP contribution in [0.2, 0.25) is 0 Å². The van der Waals surface area contributed by atoms with Crippen molar-refractivity contribution in [1.29, 1.82) is 0 Å². The van der Waals surface area contributed by atoms with Crippen LogP contribution in [-0.2, 0) is 0 Å². The largest absolute Gasteiger partial charge is 0.493 e. The van der Waals surface area contributed by atoms with Crippen LogP contribution in [-0.4, -0.2) is 25.3 Å². The highest BCUT2D eigenvalue weighted by molar-refractivity contribution is 9.10. The van der Waals surface area contributed by atoms with Crippen molar-refractivity contribution in [3.05, 3.63) is 44.6 Å². The van der Waals surface area contributed by atoms with Crippen LogP contribution in [0, 0.1) is 0 Å². The van der Waals surface area contributed by atoms with E-state index in [1.807, 2.05) is 31.4 Å². The summed E-state index contributed by atoms with van der Waals surface area (Å²) >= 11 is 4.97. The third-order valence-corrected chi connectivity index (χ3v) is 4.55. The summed E-state index contributed by atoms with van der Waals surface area (Å²) in [7, 11) is 1.53. The lowest BCUT2D eigenvalue weighted by Gasteiger charge is -2.12. The second-order valence-electron chi connectivity index (χ2n) is 4.54. The Kier molecular flexibility index (Phi) is 6.18. The number of hydrogen-bond acceptors (Lipinski definition) is 5. The molecule has 1 aromatic carbocycles. The molecule has 1 N–H and O–H groups in total. The Hall–Kier alpha value is -1.86. The first-order valence-electron chi connectivity index (χ1n) is 6.95. The molecule has 1 heterocycles. The molecule has 1 amide bonds. The number of carbonyl (C=O) groups excluding carboxylic acids is 1. The summed E-state index contributed by atoms with van der Waals surface area (Å²) in [6, 6.07) is 7.20. The van der Waals surface area contributed by atoms with Gasteiger partial charge in [-0.05, 0) is 53.4 Å². The van der Waals surface area contributed by atoms with Gasteiger partial charge >= 0.3 is 0 Å². The molecule has 1 aromatic heterocycles. The molecular formula is C16H17BrN2O3S. The van der Waals surface area contributed by atoms with E-state index in [2.05, 4.69) is 26.5 Å². The third-order valence-electron chi connectivity index (χ3n) is 2.98. The van der Waals surface area contributed by atoms with Crippen molar-refractivity contribution in [2.24, 2.45) is 5.10 Å². The molecule has 0 saturated heterocycles. The van der Waals surface area contributed by atoms with E-state index >= 15 is 0 Å². The van der Waals surface area contributed by atoms with Crippen molar-refractivity contribution >= 4 is 38.9 Å². The number of methoxy groups -OCH3 is 1. The summed E-state index contributed by atoms with van der Waals surface area (Å²) in [6.07, 6.45) is 0. The second-order valence-corrected chi connectivity index (χ2v) is 6.34. The molecule has 0 aliphatic heterocycles. The normalized spacial score (nSPS) is 11.2. The van der Waals surface area contributed by atoms with E-state index in [0.29, 0.717) is 28.1 Å². The predicted molar refractivity (Wildman–Crippen MR) is 95.9 cm³/mol. The molecule has 5 nitrogen and oxygen atoms in total. The van der Waals surface area contributed by atoms with E-state index in [9.17, 15) is 4.79 Å². The molecule has 0 radical (unpaired) electrons. The number of nitrogens with one attached hydrogen (secondary N) is 1. The van der Waals surface area contributed by atoms with Gasteiger partial charge in [0.1, 0.15) is 0 Å². The van der Waals surface area contributed by atoms with Crippen molar-refractivity contribution in [3.63, 3.8) is 0 Å². The highest BCUT2D eigenvalue weighted by atomic mass is 79.9. The summed E-state index contributed by atoms with van der Waals surface area (Å²) < 4.78 is 11.5. The fraction of sp³-hybridized carbons (Fsp3) is 0.250. The minimum absolute atomic E-state index is 0.317. The first-order chi connectivity index (χ1) is 11.1. The number of carbonyl (C=O) groups is 1. The Bertz CT molecular complexity index is 714. The molecule has 0 unspecified atom stereocenters. The predicted octanol–water partition coefficient (Wildman–Crippen LogP) is 4.07. The van der Waals surface area contributed by atoms with Gasteiger partial charge in [-0.1, -0.05) is 6.07 Å². The highest BCUT2D eigenvalue weighted by Gasteiger charge is 2.15. The highest BCUT2D eigenvalue weighted by Crippen LogP contribution is 2.36. The van der Waals surface area contributed by atoms with E-state index in [1.54, 1.807) is 23.5 Å². The first-order valence-corrected chi connectivity index (χ1v) is 8.63. The molecule has 23 heavy (non-hydrogen) atoms. The Morgan fingerprint density at radius 2 is 2.22 bits per heavy atom. The topological polar surface area (TPSA) is 59.9 Å². The van der Waals surface area contributed by atoms with Gasteiger partial charge in [0.05, 0.1) is 23.9 Å². The number of thiophene rings is 1. The summed E-state index contributed by atoms with van der Waals surface area (Å²) in [6.45, 7) is 4.24. The monoisotopic (exact) mass is 396 g/mol. The van der Waals surface area contributed by atoms with Gasteiger partial charge in [-0.3, -0.25) is 4.79 Å². The zero-order valence-electron chi connectivity index (χ0n) is 13.1. The molecular weight excluding hydrogens is 380 g/mol. The Morgan fingerprint density at radius 3 is 2.83 bits per heavy atom. The number of hydrogen-bond donors (Lipinski definition) is 1. The fourth-order valence-electron chi connectivity index (χ4n) is 1.87. The van der Waals surface area contributed by atoms with Gasteiger partial charge in [0.25, 0.3) is 5.91 Å². The number of nitrogens with zero attached hydrogens (tertiary/aromatic N) is 1. The van der Waals surface area contributed by atoms with E-state index < -0.39 is 0 Å². The number of amides is 1. The molecule has 0 aliphatic rings. The van der Waals surface area contributed by atoms with E-state index in [1.165, 1.54) is 7.11 Å². The van der Waals surface area contributed by atoms with Crippen LogP contribution < -0.4 is 14.9 Å². The molecule has 0 atom stereocenters. The number of hydrazone groups is 1. The van der Waals surface area contributed by atoms with E-state index in [4.69, 9.17) is 9.47 Å². The minimum atomic E-state index is -0.317. The van der Waals surface area contributed by atoms with Gasteiger partial charge in [0.2, 0.25) is 0 Å². The van der Waals surface area contributed by atoms with Gasteiger partial charge in [-0.15, -0.1) is 11.3 Å². The van der Waals surface area contributed by atoms with Gasteiger partial charge in [-0.25, -0.2) is 5.43 Å². The Labute approximate surface area is 147 Å². The molecule has 0 saturated carbocycles. The Morgan fingerprint density at radius 1 is 1.43 bits per heavy atom. The average molecular weight is 397 g/mol. The maximum atomic E-state index is 12.3. The van der Waals surface area contributed by atoms with Crippen LogP contribution in [0.15, 0.2) is 39.2 Å². The lowest BCUT2D eigenvalue weighted by atomic mass is 10.2. The van der Waals surface area contributed by atoms with Crippen LogP contribution in [0.5, 0.6) is 11.5 Å². The van der Waals surface area contributed by atoms with Crippen LogP contribution >= 0.6 is 27.3 Å². The van der Waals surface area contributed by atoms with Crippen molar-refractivity contribution in [1.82, 2.24) is 5.43 Å². The summed E-state index contributed by atoms with van der Waals surface area (Å²) in [5.41, 5.74) is 3.74. The first kappa shape index (κ1) is 17.5. The van der Waals surface area contributed by atoms with Gasteiger partial charge in [0.15, 0.2) is 11.5 Å². The second kappa shape index (κ2) is 8.12. The lowest BCUT2D eigenvalue weighted by Crippen LogP contribution is -2.19. The maximum Gasteiger partial charge on any atom is 0.271 e. The van der Waals surface area contributed by atoms with Crippen LogP contribution in [0.25, 0.3) is 0 Å². The molecule has 2 aromatic rings. The molecule has 7 heteroatoms. The molecule has 0 bridgehead atoms. The van der Waals surface area contributed by atoms with Gasteiger partial charge in [-0.2, -0.15) is 5.10 Å². The van der Waals surface area contributed by atoms with Crippen molar-refractivity contribution in [2.75, 3.05) is 13.7 Å². The zero-order chi connectivity index (χ0) is 16.8. The van der Waals surface area contributed by atoms with Crippen molar-refractivity contribution < 1.29 is 14.3 Å². The van der Waals surface area contributed by atoms with E-state index in [-0.39, 0.29) is 5.91 Å². The molecule has 0 aliphatic carbocycles. The van der Waals surface area contributed by atoms with Crippen molar-refractivity contribution in [3.8, 4) is 11.5 Å². The summed E-state index contributed by atoms with van der Waals surface area (Å²) in [5.74, 6) is 0.748. The summed E-state index contributed by atoms with van der Waals surface area (Å²) in [5, 5.41) is 6.09. The lowest BCUT2D eigenvalue weighted by molar-refractivity contribution is 0.0954. The van der Waals surface area contributed by atoms with Crippen LogP contribution in [0.3, 0.4) is 0 Å². The van der Waals surface area contributed by atoms with Crippen LogP contribution in [0.4, 0.5) is 0 Å². The maximum absolute atomic E-state index is 12.3. The summed E-state index contributed by atoms with van der Waals surface area (Å²) in [4.78, 5) is 13.3. The van der Waals surface area contributed by atoms with Crippen LogP contribution in [0.1, 0.15) is 29.1 Å². The third kappa shape index (κ3) is 4.33. The minimum Gasteiger partial charge on any atom is -0.493 e. The molecule has 122 valence electrons. The van der Waals surface area contributed by atoms with Gasteiger partial charge < -0.3 is 9.47 Å². The standard InChI is InChI=1S/C16H17BrN2O3S/c1-4-22-15-12(17)8-11(9-13(15)21-3)16(20)19-18-10(2)14-6-5-7-23-14/h5-9H,4H2,1-3H3,(H,19,20)/b18-10-. The SMILES string of the molecule is CCOc1c(Br)cc(C(=O)N/N=C(/C)c2cccs2)cc1OC. The molecule has 0 fully saturated rings. The van der Waals surface area contributed by atoms with E-state index in [0.717, 1.165) is 10.6 Å². The average Bonchev–Trinajstić information content (AvgIpc) is 3.08. The number of ether oxygens (including phenoxy) is 2. The molecule has 0 spiro atoms. The zero-order valence-corrected chi connectivity index (χ0v) is 15.5. The fourth-order valence-corrected chi connectivity index (χ4v) is 3.11.